The largest absolute Gasteiger partial charge is 0.461 e. The highest BCUT2D eigenvalue weighted by atomic mass is 35.5. The number of β-lactam (4-membered cyclic amide) rings is 1. The van der Waals surface area contributed by atoms with Crippen LogP contribution in [0.5, 0.6) is 0 Å². The maximum absolute atomic E-state index is 13.0. The molecule has 2 amide bonds. The zero-order chi connectivity index (χ0) is 24.0. The predicted octanol–water partition coefficient (Wildman–Crippen LogP) is 1.81. The Morgan fingerprint density at radius 3 is 2.59 bits per heavy atom. The van der Waals surface area contributed by atoms with Gasteiger partial charge in [0.25, 0.3) is 5.91 Å². The monoisotopic (exact) mass is 531 g/mol. The van der Waals surface area contributed by atoms with Crippen molar-refractivity contribution < 1.29 is 28.7 Å². The van der Waals surface area contributed by atoms with E-state index in [1.54, 1.807) is 0 Å². The lowest BCUT2D eigenvalue weighted by atomic mass is 10.0. The number of carbonyl (C=O) groups excluding carboxylic acids is 4. The summed E-state index contributed by atoms with van der Waals surface area (Å²) in [6.07, 6.45) is 0.201. The van der Waals surface area contributed by atoms with Gasteiger partial charge >= 0.3 is 11.9 Å². The molecule has 3 heterocycles. The summed E-state index contributed by atoms with van der Waals surface area (Å²) in [4.78, 5) is 54.0. The predicted molar refractivity (Wildman–Crippen MR) is 133 cm³/mol. The number of nitrogens with one attached hydrogen (secondary N) is 1. The Morgan fingerprint density at radius 2 is 1.97 bits per heavy atom. The van der Waals surface area contributed by atoms with Crippen molar-refractivity contribution in [2.75, 3.05) is 38.6 Å². The van der Waals surface area contributed by atoms with Gasteiger partial charge < -0.3 is 19.7 Å². The lowest BCUT2D eigenvalue weighted by Crippen LogP contribution is -2.70. The molecule has 1 saturated heterocycles. The molecule has 0 spiro atoms. The van der Waals surface area contributed by atoms with Gasteiger partial charge in [-0.3, -0.25) is 19.3 Å². The molecule has 0 bridgehead atoms. The van der Waals surface area contributed by atoms with Crippen LogP contribution in [0.4, 0.5) is 0 Å². The van der Waals surface area contributed by atoms with Crippen molar-refractivity contribution >= 4 is 59.3 Å². The van der Waals surface area contributed by atoms with Gasteiger partial charge in [0, 0.05) is 29.7 Å². The third kappa shape index (κ3) is 6.74. The number of ether oxygens (including phenoxy) is 2. The van der Waals surface area contributed by atoms with Crippen molar-refractivity contribution in [2.45, 2.75) is 38.6 Å². The van der Waals surface area contributed by atoms with Crippen LogP contribution in [0.15, 0.2) is 28.8 Å². The summed E-state index contributed by atoms with van der Waals surface area (Å²) in [5, 5.41) is 4.28. The maximum atomic E-state index is 13.0. The van der Waals surface area contributed by atoms with Gasteiger partial charge in [0.2, 0.25) is 5.91 Å². The molecule has 2 aliphatic heterocycles. The molecule has 9 nitrogen and oxygen atoms in total. The average Bonchev–Trinajstić information content (AvgIpc) is 3.30. The van der Waals surface area contributed by atoms with Crippen molar-refractivity contribution in [3.8, 4) is 0 Å². The molecule has 0 radical (unpaired) electrons. The second kappa shape index (κ2) is 13.1. The van der Waals surface area contributed by atoms with Crippen LogP contribution in [0.25, 0.3) is 0 Å². The number of carbonyl (C=O) groups is 4. The van der Waals surface area contributed by atoms with Crippen LogP contribution < -0.4 is 5.32 Å². The van der Waals surface area contributed by atoms with Crippen molar-refractivity contribution in [3.05, 3.63) is 33.7 Å². The smallest absolute Gasteiger partial charge is 0.355 e. The molecule has 1 aromatic heterocycles. The molecule has 34 heavy (non-hydrogen) atoms. The molecule has 1 N–H and O–H groups in total. The van der Waals surface area contributed by atoms with E-state index in [4.69, 9.17) is 9.47 Å². The first-order valence-electron chi connectivity index (χ1n) is 10.9. The highest BCUT2D eigenvalue weighted by Crippen LogP contribution is 2.40. The SMILES string of the molecule is CCN(CC)CCOC(=O)C1=C(COC(C)=O)CS[C@@H]2C(NC(=O)Cc3cccs3)C(=O)N12.Cl. The minimum atomic E-state index is -0.712. The molecule has 0 aromatic carbocycles. The fourth-order valence-electron chi connectivity index (χ4n) is 3.64. The molecular weight excluding hydrogens is 502 g/mol. The average molecular weight is 532 g/mol. The van der Waals surface area contributed by atoms with Crippen LogP contribution in [0.1, 0.15) is 25.6 Å². The molecule has 188 valence electrons. The molecule has 0 saturated carbocycles. The van der Waals surface area contributed by atoms with Crippen molar-refractivity contribution in [3.63, 3.8) is 0 Å². The van der Waals surface area contributed by atoms with Crippen LogP contribution in [0, 0.1) is 0 Å². The molecular formula is C22H30ClN3O6S2. The van der Waals surface area contributed by atoms with E-state index >= 15 is 0 Å². The molecule has 12 heteroatoms. The fraction of sp³-hybridized carbons (Fsp3) is 0.545. The highest BCUT2D eigenvalue weighted by Gasteiger charge is 2.54. The first-order chi connectivity index (χ1) is 15.8. The summed E-state index contributed by atoms with van der Waals surface area (Å²) in [5.41, 5.74) is 0.643. The van der Waals surface area contributed by atoms with Crippen LogP contribution in [-0.2, 0) is 35.1 Å². The van der Waals surface area contributed by atoms with Crippen LogP contribution >= 0.6 is 35.5 Å². The first-order valence-corrected chi connectivity index (χ1v) is 12.8. The van der Waals surface area contributed by atoms with Crippen LogP contribution in [0.2, 0.25) is 0 Å². The Morgan fingerprint density at radius 1 is 1.24 bits per heavy atom. The number of thiophene rings is 1. The Labute approximate surface area is 213 Å². The lowest BCUT2D eigenvalue weighted by molar-refractivity contribution is -0.153. The van der Waals surface area contributed by atoms with Crippen molar-refractivity contribution in [1.82, 2.24) is 15.1 Å². The number of hydrogen-bond donors (Lipinski definition) is 1. The second-order valence-corrected chi connectivity index (χ2v) is 9.74. The minimum absolute atomic E-state index is 0. The number of fused-ring (bicyclic) bond motifs is 1. The van der Waals surface area contributed by atoms with E-state index in [-0.39, 0.29) is 49.6 Å². The van der Waals surface area contributed by atoms with Crippen LogP contribution in [0.3, 0.4) is 0 Å². The highest BCUT2D eigenvalue weighted by molar-refractivity contribution is 8.00. The topological polar surface area (TPSA) is 105 Å². The van der Waals surface area contributed by atoms with E-state index in [1.807, 2.05) is 31.4 Å². The molecule has 2 aliphatic rings. The molecule has 2 atom stereocenters. The normalized spacial score (nSPS) is 19.2. The number of amides is 2. The number of hydrogen-bond acceptors (Lipinski definition) is 9. The number of rotatable bonds is 11. The quantitative estimate of drug-likeness (QED) is 0.340. The standard InChI is InChI=1S/C22H29N3O6S2.ClH/c1-4-24(5-2)8-9-30-22(29)19-15(12-31-14(3)26)13-33-21-18(20(28)25(19)21)23-17(27)11-16-7-6-10-32-16;/h6-7,10,18,21H,4-5,8-9,11-13H2,1-3H3,(H,23,27);1H/t18?,21-;/m1./s1. The van der Waals surface area contributed by atoms with E-state index in [0.29, 0.717) is 17.9 Å². The number of nitrogens with zero attached hydrogens (tertiary/aromatic N) is 2. The van der Waals surface area contributed by atoms with E-state index in [9.17, 15) is 19.2 Å². The zero-order valence-electron chi connectivity index (χ0n) is 19.4. The van der Waals surface area contributed by atoms with Gasteiger partial charge in [-0.05, 0) is 24.5 Å². The Balaban J connectivity index is 0.00000408. The maximum Gasteiger partial charge on any atom is 0.355 e. The first kappa shape index (κ1) is 28.2. The third-order valence-corrected chi connectivity index (χ3v) is 7.67. The Hall–Kier alpha value is -2.08. The zero-order valence-corrected chi connectivity index (χ0v) is 21.9. The van der Waals surface area contributed by atoms with E-state index in [1.165, 1.54) is 34.9 Å². The summed E-state index contributed by atoms with van der Waals surface area (Å²) in [6.45, 7) is 7.70. The van der Waals surface area contributed by atoms with Gasteiger partial charge in [0.05, 0.1) is 6.42 Å². The van der Waals surface area contributed by atoms with Gasteiger partial charge in [-0.25, -0.2) is 4.79 Å². The van der Waals surface area contributed by atoms with Crippen LogP contribution in [-0.4, -0.2) is 83.6 Å². The van der Waals surface area contributed by atoms with E-state index in [0.717, 1.165) is 18.0 Å². The number of likely N-dealkylation sites (N-methyl/N-ethyl adjacent to an activating group) is 1. The van der Waals surface area contributed by atoms with E-state index < -0.39 is 23.4 Å². The molecule has 3 rings (SSSR count). The van der Waals surface area contributed by atoms with Gasteiger partial charge in [0.15, 0.2) is 0 Å². The van der Waals surface area contributed by atoms with Gasteiger partial charge in [-0.1, -0.05) is 19.9 Å². The van der Waals surface area contributed by atoms with E-state index in [2.05, 4.69) is 10.2 Å². The van der Waals surface area contributed by atoms with Crippen molar-refractivity contribution in [2.24, 2.45) is 0 Å². The van der Waals surface area contributed by atoms with Gasteiger partial charge in [0.1, 0.15) is 30.3 Å². The number of esters is 2. The molecule has 1 unspecified atom stereocenters. The molecule has 0 aliphatic carbocycles. The third-order valence-electron chi connectivity index (χ3n) is 5.46. The summed E-state index contributed by atoms with van der Waals surface area (Å²) >= 11 is 2.90. The summed E-state index contributed by atoms with van der Waals surface area (Å²) in [7, 11) is 0. The number of thioether (sulfide) groups is 1. The summed E-state index contributed by atoms with van der Waals surface area (Å²) in [5.74, 6) is -1.32. The Kier molecular flexibility index (Phi) is 10.9. The molecule has 1 fully saturated rings. The summed E-state index contributed by atoms with van der Waals surface area (Å²) in [6, 6.07) is 3.02. The second-order valence-electron chi connectivity index (χ2n) is 7.61. The molecule has 1 aromatic rings. The van der Waals surface area contributed by atoms with Crippen molar-refractivity contribution in [1.29, 1.82) is 0 Å². The minimum Gasteiger partial charge on any atom is -0.461 e. The lowest BCUT2D eigenvalue weighted by Gasteiger charge is -2.49. The van der Waals surface area contributed by atoms with Gasteiger partial charge in [-0.15, -0.1) is 35.5 Å². The number of halogens is 1. The Bertz CT molecular complexity index is 920. The fourth-order valence-corrected chi connectivity index (χ4v) is 5.67. The van der Waals surface area contributed by atoms with Gasteiger partial charge in [-0.2, -0.15) is 0 Å². The summed E-state index contributed by atoms with van der Waals surface area (Å²) < 4.78 is 10.6.